The van der Waals surface area contributed by atoms with E-state index in [0.717, 1.165) is 23.4 Å². The molecule has 0 saturated carbocycles. The van der Waals surface area contributed by atoms with Gasteiger partial charge in [-0.15, -0.1) is 5.10 Å². The number of sulfonamides is 1. The summed E-state index contributed by atoms with van der Waals surface area (Å²) in [6.07, 6.45) is 1.16. The van der Waals surface area contributed by atoms with Crippen LogP contribution < -0.4 is 9.47 Å². The first-order valence-electron chi connectivity index (χ1n) is 8.25. The molecule has 1 aromatic carbocycles. The normalized spacial score (nSPS) is 20.3. The zero-order valence-corrected chi connectivity index (χ0v) is 14.7. The van der Waals surface area contributed by atoms with Gasteiger partial charge in [-0.25, -0.2) is 8.42 Å². The van der Waals surface area contributed by atoms with Crippen molar-refractivity contribution in [3.05, 3.63) is 41.6 Å². The summed E-state index contributed by atoms with van der Waals surface area (Å²) in [5.41, 5.74) is 1.76. The van der Waals surface area contributed by atoms with Crippen molar-refractivity contribution >= 4 is 10.0 Å². The zero-order chi connectivity index (χ0) is 17.4. The molecule has 2 aliphatic heterocycles. The Bertz CT molecular complexity index is 883. The Hall–Kier alpha value is -2.19. The SMILES string of the molecule is Cc1ccc(O[C@H]2CCN(S(=O)(=O)c3ccc4c(c3)CCO4)C2)nn1. The topological polar surface area (TPSA) is 81.6 Å². The van der Waals surface area contributed by atoms with Crippen LogP contribution >= 0.6 is 0 Å². The van der Waals surface area contributed by atoms with Crippen LogP contribution in [-0.2, 0) is 16.4 Å². The van der Waals surface area contributed by atoms with E-state index in [-0.39, 0.29) is 6.10 Å². The molecule has 1 fully saturated rings. The molecule has 1 aromatic heterocycles. The van der Waals surface area contributed by atoms with Gasteiger partial charge in [0.05, 0.1) is 23.7 Å². The first-order chi connectivity index (χ1) is 12.0. The van der Waals surface area contributed by atoms with Crippen LogP contribution in [0.1, 0.15) is 17.7 Å². The van der Waals surface area contributed by atoms with Crippen LogP contribution in [0.25, 0.3) is 0 Å². The van der Waals surface area contributed by atoms with Gasteiger partial charge in [0.15, 0.2) is 0 Å². The maximum absolute atomic E-state index is 12.9. The highest BCUT2D eigenvalue weighted by atomic mass is 32.2. The van der Waals surface area contributed by atoms with Gasteiger partial charge in [0.25, 0.3) is 0 Å². The maximum Gasteiger partial charge on any atom is 0.243 e. The van der Waals surface area contributed by atoms with E-state index < -0.39 is 10.0 Å². The van der Waals surface area contributed by atoms with Crippen molar-refractivity contribution < 1.29 is 17.9 Å². The highest BCUT2D eigenvalue weighted by Gasteiger charge is 2.34. The number of hydrogen-bond acceptors (Lipinski definition) is 6. The fraction of sp³-hybridized carbons (Fsp3) is 0.412. The largest absolute Gasteiger partial charge is 0.493 e. The summed E-state index contributed by atoms with van der Waals surface area (Å²) in [6, 6.07) is 8.63. The van der Waals surface area contributed by atoms with Crippen molar-refractivity contribution in [2.75, 3.05) is 19.7 Å². The molecule has 7 nitrogen and oxygen atoms in total. The van der Waals surface area contributed by atoms with Crippen LogP contribution in [0.2, 0.25) is 0 Å². The summed E-state index contributed by atoms with van der Waals surface area (Å²) in [4.78, 5) is 0.313. The summed E-state index contributed by atoms with van der Waals surface area (Å²) in [5, 5.41) is 7.92. The molecule has 8 heteroatoms. The van der Waals surface area contributed by atoms with Crippen molar-refractivity contribution in [3.8, 4) is 11.6 Å². The molecule has 0 amide bonds. The standard InChI is InChI=1S/C17H19N3O4S/c1-12-2-5-17(19-18-12)24-14-6-8-20(11-14)25(21,22)15-3-4-16-13(10-15)7-9-23-16/h2-5,10,14H,6-9,11H2,1H3/t14-/m0/s1. The van der Waals surface area contributed by atoms with Gasteiger partial charge in [-0.05, 0) is 43.2 Å². The predicted octanol–water partition coefficient (Wildman–Crippen LogP) is 1.56. The lowest BCUT2D eigenvalue weighted by atomic mass is 10.2. The van der Waals surface area contributed by atoms with E-state index in [1.807, 2.05) is 13.0 Å². The van der Waals surface area contributed by atoms with Crippen LogP contribution in [-0.4, -0.2) is 48.7 Å². The highest BCUT2D eigenvalue weighted by Crippen LogP contribution is 2.30. The average molecular weight is 361 g/mol. The second-order valence-corrected chi connectivity index (χ2v) is 8.21. The van der Waals surface area contributed by atoms with Crippen molar-refractivity contribution in [3.63, 3.8) is 0 Å². The van der Waals surface area contributed by atoms with Crippen LogP contribution in [0.15, 0.2) is 35.2 Å². The second kappa shape index (κ2) is 6.27. The first-order valence-corrected chi connectivity index (χ1v) is 9.69. The van der Waals surface area contributed by atoms with Gasteiger partial charge in [-0.1, -0.05) is 0 Å². The number of hydrogen-bond donors (Lipinski definition) is 0. The molecular formula is C17H19N3O4S. The van der Waals surface area contributed by atoms with Crippen LogP contribution in [0.3, 0.4) is 0 Å². The van der Waals surface area contributed by atoms with Crippen molar-refractivity contribution in [1.29, 1.82) is 0 Å². The molecule has 0 spiro atoms. The molecule has 0 radical (unpaired) electrons. The van der Waals surface area contributed by atoms with Crippen molar-refractivity contribution in [2.45, 2.75) is 30.8 Å². The molecule has 2 aromatic rings. The first kappa shape index (κ1) is 16.3. The van der Waals surface area contributed by atoms with Gasteiger partial charge >= 0.3 is 0 Å². The van der Waals surface area contributed by atoms with E-state index in [0.29, 0.717) is 36.9 Å². The average Bonchev–Trinajstić information content (AvgIpc) is 3.25. The third-order valence-corrected chi connectivity index (χ3v) is 6.33. The molecular weight excluding hydrogens is 342 g/mol. The Labute approximate surface area is 146 Å². The molecule has 0 bridgehead atoms. The molecule has 0 unspecified atom stereocenters. The number of fused-ring (bicyclic) bond motifs is 1. The van der Waals surface area contributed by atoms with E-state index in [1.165, 1.54) is 4.31 Å². The van der Waals surface area contributed by atoms with Gasteiger partial charge in [-0.3, -0.25) is 0 Å². The molecule has 4 rings (SSSR count). The number of nitrogens with zero attached hydrogens (tertiary/aromatic N) is 3. The van der Waals surface area contributed by atoms with E-state index in [2.05, 4.69) is 10.2 Å². The zero-order valence-electron chi connectivity index (χ0n) is 13.9. The van der Waals surface area contributed by atoms with Gasteiger partial charge in [0.2, 0.25) is 15.9 Å². The number of rotatable bonds is 4. The lowest BCUT2D eigenvalue weighted by Gasteiger charge is -2.17. The van der Waals surface area contributed by atoms with Gasteiger partial charge in [0.1, 0.15) is 11.9 Å². The summed E-state index contributed by atoms with van der Waals surface area (Å²) in [5.74, 6) is 1.20. The quantitative estimate of drug-likeness (QED) is 0.822. The molecule has 25 heavy (non-hydrogen) atoms. The highest BCUT2D eigenvalue weighted by molar-refractivity contribution is 7.89. The third kappa shape index (κ3) is 3.19. The van der Waals surface area contributed by atoms with E-state index in [4.69, 9.17) is 9.47 Å². The summed E-state index contributed by atoms with van der Waals surface area (Å²) in [6.45, 7) is 3.20. The Kier molecular flexibility index (Phi) is 4.09. The van der Waals surface area contributed by atoms with Gasteiger partial charge < -0.3 is 9.47 Å². The van der Waals surface area contributed by atoms with Crippen molar-refractivity contribution in [2.24, 2.45) is 0 Å². The fourth-order valence-corrected chi connectivity index (χ4v) is 4.64. The molecule has 132 valence electrons. The molecule has 0 N–H and O–H groups in total. The minimum atomic E-state index is -3.53. The summed E-state index contributed by atoms with van der Waals surface area (Å²) >= 11 is 0. The smallest absolute Gasteiger partial charge is 0.243 e. The third-order valence-electron chi connectivity index (χ3n) is 4.47. The minimum absolute atomic E-state index is 0.218. The van der Waals surface area contributed by atoms with Crippen LogP contribution in [0.5, 0.6) is 11.6 Å². The van der Waals surface area contributed by atoms with E-state index in [9.17, 15) is 8.42 Å². The second-order valence-electron chi connectivity index (χ2n) is 6.27. The Morgan fingerprint density at radius 2 is 2.12 bits per heavy atom. The Morgan fingerprint density at radius 3 is 2.92 bits per heavy atom. The molecule has 1 saturated heterocycles. The van der Waals surface area contributed by atoms with Gasteiger partial charge in [0, 0.05) is 19.0 Å². The van der Waals surface area contributed by atoms with Gasteiger partial charge in [-0.2, -0.15) is 9.40 Å². The molecule has 3 heterocycles. The van der Waals surface area contributed by atoms with Crippen LogP contribution in [0, 0.1) is 6.92 Å². The monoisotopic (exact) mass is 361 g/mol. The Balaban J connectivity index is 1.47. The Morgan fingerprint density at radius 1 is 1.24 bits per heavy atom. The summed E-state index contributed by atoms with van der Waals surface area (Å²) < 4.78 is 38.4. The molecule has 0 aliphatic carbocycles. The fourth-order valence-electron chi connectivity index (χ4n) is 3.10. The van der Waals surface area contributed by atoms with E-state index >= 15 is 0 Å². The predicted molar refractivity (Wildman–Crippen MR) is 90.2 cm³/mol. The van der Waals surface area contributed by atoms with E-state index in [1.54, 1.807) is 24.3 Å². The summed E-state index contributed by atoms with van der Waals surface area (Å²) in [7, 11) is -3.53. The lowest BCUT2D eigenvalue weighted by Crippen LogP contribution is -2.31. The van der Waals surface area contributed by atoms with Crippen molar-refractivity contribution in [1.82, 2.24) is 14.5 Å². The number of aryl methyl sites for hydroxylation is 1. The van der Waals surface area contributed by atoms with Crippen LogP contribution in [0.4, 0.5) is 0 Å². The number of aromatic nitrogens is 2. The number of ether oxygens (including phenoxy) is 2. The number of benzene rings is 1. The lowest BCUT2D eigenvalue weighted by molar-refractivity contribution is 0.204. The molecule has 2 aliphatic rings. The maximum atomic E-state index is 12.9. The molecule has 1 atom stereocenters. The minimum Gasteiger partial charge on any atom is -0.493 e.